The Balaban J connectivity index is 1.61. The summed E-state index contributed by atoms with van der Waals surface area (Å²) in [5.41, 5.74) is 2.01. The first-order valence-electron chi connectivity index (χ1n) is 7.89. The van der Waals surface area contributed by atoms with Crippen LogP contribution in [0.5, 0.6) is 0 Å². The summed E-state index contributed by atoms with van der Waals surface area (Å²) in [4.78, 5) is 12.7. The van der Waals surface area contributed by atoms with Crippen LogP contribution in [0.2, 0.25) is 0 Å². The lowest BCUT2D eigenvalue weighted by atomic mass is 10.1. The molecule has 3 aromatic rings. The third-order valence-electron chi connectivity index (χ3n) is 4.29. The summed E-state index contributed by atoms with van der Waals surface area (Å²) in [7, 11) is 5.68. The summed E-state index contributed by atoms with van der Waals surface area (Å²) >= 11 is 0. The quantitative estimate of drug-likeness (QED) is 0.465. The molecule has 9 nitrogen and oxygen atoms in total. The van der Waals surface area contributed by atoms with Crippen LogP contribution in [-0.4, -0.2) is 59.8 Å². The van der Waals surface area contributed by atoms with E-state index in [1.54, 1.807) is 0 Å². The predicted octanol–water partition coefficient (Wildman–Crippen LogP) is 0.801. The standard InChI is InChI=1S/C15H17ClN5O4S/c16-26-2-1-8(5-26)3-17-13-10-14(19-6-18-13)21(7-20-10)15-12(24)11(23)9(4-22)25-15/h1-2,5-7,9,11-12,15,22-24H,3-4H2,(H,17,18,19)/q+1/t9-,11-,12-,15-,26?/m1/s1. The van der Waals surface area contributed by atoms with E-state index in [4.69, 9.17) is 15.4 Å². The Morgan fingerprint density at radius 1 is 1.27 bits per heavy atom. The Bertz CT molecular complexity index is 918. The van der Waals surface area contributed by atoms with Gasteiger partial charge in [-0.15, -0.1) is 0 Å². The smallest absolute Gasteiger partial charge is 0.209 e. The first-order chi connectivity index (χ1) is 12.6. The van der Waals surface area contributed by atoms with E-state index in [0.717, 1.165) is 5.56 Å². The molecule has 4 N–H and O–H groups in total. The fraction of sp³-hybridized carbons (Fsp3) is 0.400. The van der Waals surface area contributed by atoms with Crippen LogP contribution in [0.25, 0.3) is 11.2 Å². The van der Waals surface area contributed by atoms with Gasteiger partial charge in [0.15, 0.2) is 34.0 Å². The second-order valence-electron chi connectivity index (χ2n) is 5.94. The Morgan fingerprint density at radius 3 is 2.81 bits per heavy atom. The number of hydrogen-bond acceptors (Lipinski definition) is 8. The molecule has 11 heteroatoms. The Labute approximate surface area is 155 Å². The van der Waals surface area contributed by atoms with Crippen molar-refractivity contribution in [1.82, 2.24) is 19.5 Å². The van der Waals surface area contributed by atoms with Gasteiger partial charge in [0.2, 0.25) is 10.7 Å². The average Bonchev–Trinajstić information content (AvgIpc) is 3.32. The highest BCUT2D eigenvalue weighted by Gasteiger charge is 2.44. The molecule has 4 rings (SSSR count). The molecular formula is C15H17ClN5O4S+. The van der Waals surface area contributed by atoms with Crippen molar-refractivity contribution in [2.75, 3.05) is 11.9 Å². The minimum atomic E-state index is -1.20. The number of anilines is 1. The lowest BCUT2D eigenvalue weighted by Gasteiger charge is -2.16. The predicted molar refractivity (Wildman–Crippen MR) is 95.8 cm³/mol. The SMILES string of the molecule is OC[C@H]1O[C@@H](n2cnc3c(NCc4cc[s+](Cl)c4)ncnc32)[C@H](O)[C@@H]1O. The van der Waals surface area contributed by atoms with E-state index in [-0.39, 0.29) is 9.68 Å². The zero-order valence-electron chi connectivity index (χ0n) is 13.4. The van der Waals surface area contributed by atoms with E-state index in [1.165, 1.54) is 17.2 Å². The molecule has 5 atom stereocenters. The van der Waals surface area contributed by atoms with Crippen LogP contribution in [0.15, 0.2) is 29.5 Å². The number of thiophene rings is 1. The van der Waals surface area contributed by atoms with Crippen LogP contribution >= 0.6 is 20.4 Å². The summed E-state index contributed by atoms with van der Waals surface area (Å²) in [6.07, 6.45) is -1.30. The number of rotatable bonds is 5. The highest BCUT2D eigenvalue weighted by Crippen LogP contribution is 2.32. The fourth-order valence-corrected chi connectivity index (χ4v) is 4.27. The maximum atomic E-state index is 10.2. The third-order valence-corrected chi connectivity index (χ3v) is 5.79. The van der Waals surface area contributed by atoms with E-state index in [1.807, 2.05) is 16.8 Å². The molecule has 0 bridgehead atoms. The van der Waals surface area contributed by atoms with Crippen molar-refractivity contribution in [2.24, 2.45) is 0 Å². The number of imidazole rings is 1. The number of halogens is 1. The molecule has 0 saturated carbocycles. The minimum absolute atomic E-state index is 0.349. The van der Waals surface area contributed by atoms with Gasteiger partial charge >= 0.3 is 0 Å². The van der Waals surface area contributed by atoms with Crippen molar-refractivity contribution >= 4 is 37.3 Å². The molecule has 1 unspecified atom stereocenters. The molecular weight excluding hydrogens is 382 g/mol. The van der Waals surface area contributed by atoms with Crippen LogP contribution in [-0.2, 0) is 11.3 Å². The molecule has 0 radical (unpaired) electrons. The van der Waals surface area contributed by atoms with Crippen molar-refractivity contribution in [3.05, 3.63) is 35.0 Å². The highest BCUT2D eigenvalue weighted by atomic mass is 35.7. The average molecular weight is 399 g/mol. The Kier molecular flexibility index (Phi) is 4.78. The number of aromatic nitrogens is 4. The molecule has 138 valence electrons. The number of nitrogens with zero attached hydrogens (tertiary/aromatic N) is 4. The van der Waals surface area contributed by atoms with Crippen LogP contribution in [0.1, 0.15) is 11.8 Å². The third kappa shape index (κ3) is 3.04. The van der Waals surface area contributed by atoms with Gasteiger partial charge in [0.05, 0.1) is 22.6 Å². The van der Waals surface area contributed by atoms with Gasteiger partial charge in [-0.1, -0.05) is 0 Å². The van der Waals surface area contributed by atoms with Crippen molar-refractivity contribution < 1.29 is 20.1 Å². The van der Waals surface area contributed by atoms with Crippen LogP contribution in [0, 0.1) is 0 Å². The largest absolute Gasteiger partial charge is 0.394 e. The van der Waals surface area contributed by atoms with Gasteiger partial charge in [-0.3, -0.25) is 4.57 Å². The summed E-state index contributed by atoms with van der Waals surface area (Å²) < 4.78 is 7.07. The molecule has 0 spiro atoms. The number of hydrogen-bond donors (Lipinski definition) is 4. The number of aliphatic hydroxyl groups is 3. The van der Waals surface area contributed by atoms with Crippen LogP contribution < -0.4 is 5.32 Å². The van der Waals surface area contributed by atoms with Crippen molar-refractivity contribution in [2.45, 2.75) is 31.1 Å². The second-order valence-corrected chi connectivity index (χ2v) is 8.14. The van der Waals surface area contributed by atoms with Gasteiger partial charge in [0.25, 0.3) is 0 Å². The van der Waals surface area contributed by atoms with Gasteiger partial charge < -0.3 is 25.4 Å². The zero-order valence-corrected chi connectivity index (χ0v) is 15.0. The minimum Gasteiger partial charge on any atom is -0.394 e. The number of nitrogens with one attached hydrogen (secondary N) is 1. The summed E-state index contributed by atoms with van der Waals surface area (Å²) in [5.74, 6) is 0.538. The van der Waals surface area contributed by atoms with E-state index in [0.29, 0.717) is 23.5 Å². The zero-order chi connectivity index (χ0) is 18.3. The lowest BCUT2D eigenvalue weighted by molar-refractivity contribution is -0.0511. The van der Waals surface area contributed by atoms with E-state index < -0.39 is 31.1 Å². The summed E-state index contributed by atoms with van der Waals surface area (Å²) in [6.45, 7) is 0.146. The highest BCUT2D eigenvalue weighted by molar-refractivity contribution is 7.60. The topological polar surface area (TPSA) is 126 Å². The van der Waals surface area contributed by atoms with Crippen molar-refractivity contribution in [1.29, 1.82) is 0 Å². The second kappa shape index (κ2) is 7.06. The normalized spacial score (nSPS) is 26.5. The molecule has 4 heterocycles. The Hall–Kier alpha value is -1.82. The molecule has 3 aromatic heterocycles. The van der Waals surface area contributed by atoms with Gasteiger partial charge in [-0.25, -0.2) is 15.0 Å². The first kappa shape index (κ1) is 17.6. The molecule has 0 aliphatic carbocycles. The maximum absolute atomic E-state index is 10.2. The fourth-order valence-electron chi connectivity index (χ4n) is 2.94. The molecule has 0 aromatic carbocycles. The maximum Gasteiger partial charge on any atom is 0.209 e. The monoisotopic (exact) mass is 398 g/mol. The van der Waals surface area contributed by atoms with Gasteiger partial charge in [0.1, 0.15) is 24.6 Å². The number of fused-ring (bicyclic) bond motifs is 1. The van der Waals surface area contributed by atoms with Crippen molar-refractivity contribution in [3.63, 3.8) is 0 Å². The van der Waals surface area contributed by atoms with E-state index in [2.05, 4.69) is 20.3 Å². The first-order valence-corrected chi connectivity index (χ1v) is 10.1. The van der Waals surface area contributed by atoms with Gasteiger partial charge in [0, 0.05) is 18.2 Å². The molecule has 26 heavy (non-hydrogen) atoms. The number of ether oxygens (including phenoxy) is 1. The summed E-state index contributed by atoms with van der Waals surface area (Å²) in [6, 6.07) is 1.96. The van der Waals surface area contributed by atoms with Crippen LogP contribution in [0.4, 0.5) is 5.82 Å². The summed E-state index contributed by atoms with van der Waals surface area (Å²) in [5, 5.41) is 36.5. The van der Waals surface area contributed by atoms with E-state index in [9.17, 15) is 15.3 Å². The molecule has 1 aliphatic heterocycles. The molecule has 1 saturated heterocycles. The molecule has 0 amide bonds. The van der Waals surface area contributed by atoms with Gasteiger partial charge in [-0.05, 0) is 0 Å². The molecule has 1 fully saturated rings. The Morgan fingerprint density at radius 2 is 2.12 bits per heavy atom. The number of aliphatic hydroxyl groups excluding tert-OH is 3. The lowest BCUT2D eigenvalue weighted by Crippen LogP contribution is -2.33. The van der Waals surface area contributed by atoms with Crippen LogP contribution in [0.3, 0.4) is 0 Å². The van der Waals surface area contributed by atoms with Gasteiger partial charge in [-0.2, -0.15) is 0 Å². The van der Waals surface area contributed by atoms with Crippen molar-refractivity contribution in [3.8, 4) is 0 Å². The van der Waals surface area contributed by atoms with E-state index >= 15 is 0 Å². The molecule has 1 aliphatic rings.